The average molecular weight is 276 g/mol. The summed E-state index contributed by atoms with van der Waals surface area (Å²) >= 11 is 0. The molecule has 2 rings (SSSR count). The highest BCUT2D eigenvalue weighted by Gasteiger charge is 2.12. The molecule has 0 spiro atoms. The van der Waals surface area contributed by atoms with Gasteiger partial charge in [-0.3, -0.25) is 4.79 Å². The zero-order valence-electron chi connectivity index (χ0n) is 11.7. The summed E-state index contributed by atoms with van der Waals surface area (Å²) in [7, 11) is 0. The first-order valence-corrected chi connectivity index (χ1v) is 6.35. The fourth-order valence-corrected chi connectivity index (χ4v) is 1.91. The van der Waals surface area contributed by atoms with Gasteiger partial charge in [0.05, 0.1) is 11.7 Å². The van der Waals surface area contributed by atoms with Crippen LogP contribution in [0.1, 0.15) is 31.4 Å². The molecule has 1 aromatic carbocycles. The summed E-state index contributed by atoms with van der Waals surface area (Å²) in [5, 5.41) is 5.65. The number of halogens is 1. The van der Waals surface area contributed by atoms with Crippen LogP contribution in [0, 0.1) is 12.7 Å². The second-order valence-electron chi connectivity index (χ2n) is 4.69. The average Bonchev–Trinajstić information content (AvgIpc) is 2.79. The Bertz CT molecular complexity index is 622. The fraction of sp³-hybridized carbons (Fsp3) is 0.267. The molecule has 0 saturated carbocycles. The van der Waals surface area contributed by atoms with Gasteiger partial charge in [0.25, 0.3) is 0 Å². The van der Waals surface area contributed by atoms with E-state index < -0.39 is 0 Å². The van der Waals surface area contributed by atoms with Crippen molar-refractivity contribution >= 4 is 17.3 Å². The van der Waals surface area contributed by atoms with Crippen molar-refractivity contribution in [1.82, 2.24) is 0 Å². The molecule has 5 heteroatoms. The van der Waals surface area contributed by atoms with Gasteiger partial charge >= 0.3 is 0 Å². The minimum Gasteiger partial charge on any atom is -0.464 e. The van der Waals surface area contributed by atoms with Gasteiger partial charge in [-0.15, -0.1) is 0 Å². The lowest BCUT2D eigenvalue weighted by Gasteiger charge is -2.15. The number of rotatable bonds is 4. The number of aryl methyl sites for hydroxylation is 1. The standard InChI is InChI=1S/C15H17FN2O2/c1-9-4-7-15(20-9)10(2)17-14-8-12(18-11(3)19)5-6-13(14)16/h4-8,10,17H,1-3H3,(H,18,19). The molecule has 4 nitrogen and oxygen atoms in total. The van der Waals surface area contributed by atoms with Crippen molar-refractivity contribution in [2.45, 2.75) is 26.8 Å². The molecule has 0 fully saturated rings. The molecular weight excluding hydrogens is 259 g/mol. The largest absolute Gasteiger partial charge is 0.464 e. The molecule has 1 heterocycles. The van der Waals surface area contributed by atoms with Crippen molar-refractivity contribution in [3.05, 3.63) is 47.7 Å². The number of furan rings is 1. The number of carbonyl (C=O) groups is 1. The minimum atomic E-state index is -0.380. The molecular formula is C15H17FN2O2. The summed E-state index contributed by atoms with van der Waals surface area (Å²) in [5.74, 6) is 0.958. The number of anilines is 2. The Morgan fingerprint density at radius 3 is 2.65 bits per heavy atom. The Morgan fingerprint density at radius 1 is 1.30 bits per heavy atom. The molecule has 0 aliphatic rings. The van der Waals surface area contributed by atoms with Crippen molar-refractivity contribution in [1.29, 1.82) is 0 Å². The number of nitrogens with one attached hydrogen (secondary N) is 2. The summed E-state index contributed by atoms with van der Waals surface area (Å²) < 4.78 is 19.3. The Morgan fingerprint density at radius 2 is 2.05 bits per heavy atom. The van der Waals surface area contributed by atoms with Crippen molar-refractivity contribution in [3.63, 3.8) is 0 Å². The third-order valence-electron chi connectivity index (χ3n) is 2.85. The zero-order valence-corrected chi connectivity index (χ0v) is 11.7. The van der Waals surface area contributed by atoms with Crippen LogP contribution < -0.4 is 10.6 Å². The molecule has 1 unspecified atom stereocenters. The molecule has 0 radical (unpaired) electrons. The van der Waals surface area contributed by atoms with E-state index >= 15 is 0 Å². The lowest BCUT2D eigenvalue weighted by molar-refractivity contribution is -0.114. The zero-order chi connectivity index (χ0) is 14.7. The van der Waals surface area contributed by atoms with E-state index in [1.165, 1.54) is 19.1 Å². The third kappa shape index (κ3) is 3.38. The van der Waals surface area contributed by atoms with Gasteiger partial charge in [0.15, 0.2) is 0 Å². The molecule has 0 saturated heterocycles. The maximum absolute atomic E-state index is 13.8. The first kappa shape index (κ1) is 14.1. The van der Waals surface area contributed by atoms with Gasteiger partial charge in [-0.25, -0.2) is 4.39 Å². The second kappa shape index (κ2) is 5.77. The van der Waals surface area contributed by atoms with Crippen LogP contribution in [0.3, 0.4) is 0 Å². The van der Waals surface area contributed by atoms with Gasteiger partial charge in [-0.05, 0) is 44.2 Å². The maximum atomic E-state index is 13.8. The summed E-state index contributed by atoms with van der Waals surface area (Å²) in [6.07, 6.45) is 0. The van der Waals surface area contributed by atoms with E-state index in [2.05, 4.69) is 10.6 Å². The quantitative estimate of drug-likeness (QED) is 0.891. The molecule has 1 amide bonds. The monoisotopic (exact) mass is 276 g/mol. The highest BCUT2D eigenvalue weighted by Crippen LogP contribution is 2.25. The SMILES string of the molecule is CC(=O)Nc1ccc(F)c(NC(C)c2ccc(C)o2)c1. The van der Waals surface area contributed by atoms with Gasteiger partial charge in [-0.1, -0.05) is 0 Å². The number of benzene rings is 1. The van der Waals surface area contributed by atoms with Crippen molar-refractivity contribution in [2.75, 3.05) is 10.6 Å². The summed E-state index contributed by atoms with van der Waals surface area (Å²) in [6, 6.07) is 7.92. The van der Waals surface area contributed by atoms with Crippen LogP contribution >= 0.6 is 0 Å². The Kier molecular flexibility index (Phi) is 4.08. The van der Waals surface area contributed by atoms with Crippen molar-refractivity contribution in [3.8, 4) is 0 Å². The second-order valence-corrected chi connectivity index (χ2v) is 4.69. The number of carbonyl (C=O) groups excluding carboxylic acids is 1. The van der Waals surface area contributed by atoms with Crippen LogP contribution in [0.15, 0.2) is 34.7 Å². The van der Waals surface area contributed by atoms with Gasteiger partial charge in [-0.2, -0.15) is 0 Å². The minimum absolute atomic E-state index is 0.175. The molecule has 106 valence electrons. The summed E-state index contributed by atoms with van der Waals surface area (Å²) in [6.45, 7) is 5.14. The predicted molar refractivity (Wildman–Crippen MR) is 76.2 cm³/mol. The normalized spacial score (nSPS) is 12.0. The maximum Gasteiger partial charge on any atom is 0.221 e. The molecule has 20 heavy (non-hydrogen) atoms. The first-order chi connectivity index (χ1) is 9.45. The van der Waals surface area contributed by atoms with E-state index in [-0.39, 0.29) is 17.8 Å². The van der Waals surface area contributed by atoms with Gasteiger partial charge in [0.1, 0.15) is 17.3 Å². The lowest BCUT2D eigenvalue weighted by Crippen LogP contribution is -2.09. The molecule has 0 aliphatic carbocycles. The Labute approximate surface area is 117 Å². The molecule has 1 aromatic heterocycles. The highest BCUT2D eigenvalue weighted by molar-refractivity contribution is 5.89. The van der Waals surface area contributed by atoms with Crippen LogP contribution in [0.25, 0.3) is 0 Å². The highest BCUT2D eigenvalue weighted by atomic mass is 19.1. The third-order valence-corrected chi connectivity index (χ3v) is 2.85. The lowest BCUT2D eigenvalue weighted by atomic mass is 10.2. The van der Waals surface area contributed by atoms with Crippen LogP contribution in [0.2, 0.25) is 0 Å². The van der Waals surface area contributed by atoms with E-state index in [0.717, 1.165) is 11.5 Å². The molecule has 0 aliphatic heterocycles. The smallest absolute Gasteiger partial charge is 0.221 e. The van der Waals surface area contributed by atoms with E-state index in [9.17, 15) is 9.18 Å². The molecule has 1 atom stereocenters. The molecule has 2 N–H and O–H groups in total. The van der Waals surface area contributed by atoms with E-state index in [4.69, 9.17) is 4.42 Å². The van der Waals surface area contributed by atoms with Crippen LogP contribution in [0.5, 0.6) is 0 Å². The van der Waals surface area contributed by atoms with Gasteiger partial charge in [0, 0.05) is 12.6 Å². The topological polar surface area (TPSA) is 54.3 Å². The number of amides is 1. The number of hydrogen-bond acceptors (Lipinski definition) is 3. The summed E-state index contributed by atoms with van der Waals surface area (Å²) in [4.78, 5) is 11.0. The van der Waals surface area contributed by atoms with E-state index in [0.29, 0.717) is 11.4 Å². The van der Waals surface area contributed by atoms with Gasteiger partial charge < -0.3 is 15.1 Å². The molecule has 2 aromatic rings. The number of hydrogen-bond donors (Lipinski definition) is 2. The van der Waals surface area contributed by atoms with Crippen LogP contribution in [-0.2, 0) is 4.79 Å². The van der Waals surface area contributed by atoms with Crippen molar-refractivity contribution in [2.24, 2.45) is 0 Å². The summed E-state index contributed by atoms with van der Waals surface area (Å²) in [5.41, 5.74) is 0.863. The van der Waals surface area contributed by atoms with Crippen LogP contribution in [-0.4, -0.2) is 5.91 Å². The van der Waals surface area contributed by atoms with Gasteiger partial charge in [0.2, 0.25) is 5.91 Å². The predicted octanol–water partition coefficient (Wildman–Crippen LogP) is 3.86. The van der Waals surface area contributed by atoms with E-state index in [1.54, 1.807) is 6.07 Å². The Hall–Kier alpha value is -2.30. The van der Waals surface area contributed by atoms with E-state index in [1.807, 2.05) is 26.0 Å². The fourth-order valence-electron chi connectivity index (χ4n) is 1.91. The Balaban J connectivity index is 2.17. The van der Waals surface area contributed by atoms with Crippen molar-refractivity contribution < 1.29 is 13.6 Å². The van der Waals surface area contributed by atoms with Crippen LogP contribution in [0.4, 0.5) is 15.8 Å². The first-order valence-electron chi connectivity index (χ1n) is 6.35. The molecule has 0 bridgehead atoms.